The molecule has 2 aliphatic rings. The van der Waals surface area contributed by atoms with E-state index in [1.807, 2.05) is 19.2 Å². The zero-order valence-electron chi connectivity index (χ0n) is 16.2. The molecule has 27 heavy (non-hydrogen) atoms. The number of rotatable bonds is 5. The SMILES string of the molecule is CCNC(=NCc1ccnc(N2CCN(C)CC2)c1)NC1CCS(=O)(=O)C1. The van der Waals surface area contributed by atoms with E-state index in [-0.39, 0.29) is 17.5 Å². The third-order valence-electron chi connectivity index (χ3n) is 4.97. The molecule has 0 bridgehead atoms. The van der Waals surface area contributed by atoms with E-state index in [0.717, 1.165) is 44.1 Å². The molecule has 2 fully saturated rings. The maximum atomic E-state index is 11.7. The number of nitrogens with zero attached hydrogens (tertiary/aromatic N) is 4. The van der Waals surface area contributed by atoms with E-state index in [4.69, 9.17) is 0 Å². The van der Waals surface area contributed by atoms with Crippen LogP contribution < -0.4 is 15.5 Å². The van der Waals surface area contributed by atoms with Gasteiger partial charge in [0.2, 0.25) is 0 Å². The number of anilines is 1. The fourth-order valence-electron chi connectivity index (χ4n) is 3.36. The van der Waals surface area contributed by atoms with Crippen molar-refractivity contribution in [2.75, 3.05) is 56.2 Å². The standard InChI is InChI=1S/C18H30N6O2S/c1-3-19-18(22-16-5-11-27(25,26)14-16)21-13-15-4-6-20-17(12-15)24-9-7-23(2)8-10-24/h4,6,12,16H,3,5,7-11,13-14H2,1-2H3,(H2,19,21,22). The van der Waals surface area contributed by atoms with Crippen LogP contribution in [0.4, 0.5) is 5.82 Å². The first-order chi connectivity index (χ1) is 12.9. The molecule has 0 radical (unpaired) electrons. The van der Waals surface area contributed by atoms with Crippen LogP contribution in [0.25, 0.3) is 0 Å². The van der Waals surface area contributed by atoms with Gasteiger partial charge in [-0.2, -0.15) is 0 Å². The highest BCUT2D eigenvalue weighted by Crippen LogP contribution is 2.15. The molecule has 150 valence electrons. The highest BCUT2D eigenvalue weighted by molar-refractivity contribution is 7.91. The molecule has 2 N–H and O–H groups in total. The Labute approximate surface area is 162 Å². The highest BCUT2D eigenvalue weighted by Gasteiger charge is 2.28. The summed E-state index contributed by atoms with van der Waals surface area (Å²) in [7, 11) is -0.768. The molecular weight excluding hydrogens is 364 g/mol. The number of pyridine rings is 1. The Balaban J connectivity index is 1.62. The number of aliphatic imine (C=N–C) groups is 1. The summed E-state index contributed by atoms with van der Waals surface area (Å²) in [5, 5.41) is 6.46. The van der Waals surface area contributed by atoms with Gasteiger partial charge in [-0.1, -0.05) is 0 Å². The van der Waals surface area contributed by atoms with Crippen molar-refractivity contribution in [3.05, 3.63) is 23.9 Å². The van der Waals surface area contributed by atoms with Gasteiger partial charge < -0.3 is 20.4 Å². The molecule has 2 saturated heterocycles. The second-order valence-corrected chi connectivity index (χ2v) is 9.48. The van der Waals surface area contributed by atoms with Crippen molar-refractivity contribution in [2.24, 2.45) is 4.99 Å². The molecule has 9 heteroatoms. The molecule has 3 rings (SSSR count). The summed E-state index contributed by atoms with van der Waals surface area (Å²) < 4.78 is 23.3. The topological polar surface area (TPSA) is 89.9 Å². The second kappa shape index (κ2) is 8.88. The van der Waals surface area contributed by atoms with Gasteiger partial charge in [0, 0.05) is 45.0 Å². The summed E-state index contributed by atoms with van der Waals surface area (Å²) >= 11 is 0. The van der Waals surface area contributed by atoms with Gasteiger partial charge in [0.25, 0.3) is 0 Å². The van der Waals surface area contributed by atoms with E-state index in [1.165, 1.54) is 0 Å². The number of likely N-dealkylation sites (N-methyl/N-ethyl adjacent to an activating group) is 1. The zero-order valence-corrected chi connectivity index (χ0v) is 17.0. The lowest BCUT2D eigenvalue weighted by Crippen LogP contribution is -2.44. The van der Waals surface area contributed by atoms with Gasteiger partial charge in [-0.15, -0.1) is 0 Å². The number of piperazine rings is 1. The van der Waals surface area contributed by atoms with Crippen LogP contribution in [0.5, 0.6) is 0 Å². The summed E-state index contributed by atoms with van der Waals surface area (Å²) in [6.45, 7) is 7.31. The summed E-state index contributed by atoms with van der Waals surface area (Å²) in [6, 6.07) is 4.01. The van der Waals surface area contributed by atoms with Gasteiger partial charge in [-0.25, -0.2) is 18.4 Å². The van der Waals surface area contributed by atoms with Gasteiger partial charge in [-0.3, -0.25) is 0 Å². The number of hydrogen-bond donors (Lipinski definition) is 2. The van der Waals surface area contributed by atoms with Crippen molar-refractivity contribution in [1.29, 1.82) is 0 Å². The quantitative estimate of drug-likeness (QED) is 0.540. The predicted molar refractivity (Wildman–Crippen MR) is 109 cm³/mol. The van der Waals surface area contributed by atoms with Crippen LogP contribution in [-0.4, -0.2) is 81.6 Å². The molecule has 8 nitrogen and oxygen atoms in total. The Morgan fingerprint density at radius 3 is 2.78 bits per heavy atom. The lowest BCUT2D eigenvalue weighted by Gasteiger charge is -2.33. The maximum Gasteiger partial charge on any atom is 0.191 e. The van der Waals surface area contributed by atoms with Crippen LogP contribution in [0.15, 0.2) is 23.3 Å². The van der Waals surface area contributed by atoms with E-state index in [2.05, 4.69) is 43.5 Å². The van der Waals surface area contributed by atoms with Crippen molar-refractivity contribution >= 4 is 21.6 Å². The molecule has 1 aromatic heterocycles. The molecule has 3 heterocycles. The van der Waals surface area contributed by atoms with Gasteiger partial charge in [0.1, 0.15) is 5.82 Å². The molecule has 0 aromatic carbocycles. The first-order valence-corrected chi connectivity index (χ1v) is 11.4. The predicted octanol–water partition coefficient (Wildman–Crippen LogP) is 0.0756. The summed E-state index contributed by atoms with van der Waals surface area (Å²) in [5.41, 5.74) is 1.09. The molecular formula is C18H30N6O2S. The van der Waals surface area contributed by atoms with Crippen LogP contribution in [0.3, 0.4) is 0 Å². The Hall–Kier alpha value is -1.87. The third-order valence-corrected chi connectivity index (χ3v) is 6.74. The number of aromatic nitrogens is 1. The van der Waals surface area contributed by atoms with Crippen LogP contribution >= 0.6 is 0 Å². The summed E-state index contributed by atoms with van der Waals surface area (Å²) in [4.78, 5) is 13.8. The highest BCUT2D eigenvalue weighted by atomic mass is 32.2. The van der Waals surface area contributed by atoms with E-state index in [9.17, 15) is 8.42 Å². The number of sulfone groups is 1. The molecule has 0 spiro atoms. The Bertz CT molecular complexity index is 759. The van der Waals surface area contributed by atoms with Gasteiger partial charge in [-0.05, 0) is 38.1 Å². The first kappa shape index (κ1) is 19.9. The van der Waals surface area contributed by atoms with Crippen molar-refractivity contribution in [3.8, 4) is 0 Å². The maximum absolute atomic E-state index is 11.7. The fraction of sp³-hybridized carbons (Fsp3) is 0.667. The van der Waals surface area contributed by atoms with Crippen LogP contribution in [0.2, 0.25) is 0 Å². The number of hydrogen-bond acceptors (Lipinski definition) is 6. The number of guanidine groups is 1. The Morgan fingerprint density at radius 2 is 2.11 bits per heavy atom. The van der Waals surface area contributed by atoms with Crippen molar-refractivity contribution in [1.82, 2.24) is 20.5 Å². The minimum atomic E-state index is -2.91. The lowest BCUT2D eigenvalue weighted by molar-refractivity contribution is 0.312. The van der Waals surface area contributed by atoms with Gasteiger partial charge in [0.15, 0.2) is 15.8 Å². The van der Waals surface area contributed by atoms with Gasteiger partial charge >= 0.3 is 0 Å². The zero-order chi connectivity index (χ0) is 19.3. The second-order valence-electron chi connectivity index (χ2n) is 7.25. The van der Waals surface area contributed by atoms with Crippen LogP contribution in [0.1, 0.15) is 18.9 Å². The molecule has 0 amide bonds. The summed E-state index contributed by atoms with van der Waals surface area (Å²) in [5.74, 6) is 2.09. The largest absolute Gasteiger partial charge is 0.357 e. The number of nitrogens with one attached hydrogen (secondary N) is 2. The molecule has 0 aliphatic carbocycles. The normalized spacial score (nSPS) is 23.4. The van der Waals surface area contributed by atoms with Crippen molar-refractivity contribution < 1.29 is 8.42 Å². The van der Waals surface area contributed by atoms with E-state index in [1.54, 1.807) is 0 Å². The van der Waals surface area contributed by atoms with E-state index < -0.39 is 9.84 Å². The average Bonchev–Trinajstić information content (AvgIpc) is 2.99. The molecule has 0 saturated carbocycles. The van der Waals surface area contributed by atoms with Crippen molar-refractivity contribution in [3.63, 3.8) is 0 Å². The lowest BCUT2D eigenvalue weighted by atomic mass is 10.2. The van der Waals surface area contributed by atoms with Gasteiger partial charge in [0.05, 0.1) is 18.1 Å². The Kier molecular flexibility index (Phi) is 6.54. The molecule has 1 aromatic rings. The molecule has 1 unspecified atom stereocenters. The third kappa shape index (κ3) is 5.80. The van der Waals surface area contributed by atoms with Crippen molar-refractivity contribution in [2.45, 2.75) is 25.9 Å². The van der Waals surface area contributed by atoms with Crippen LogP contribution in [0, 0.1) is 0 Å². The summed E-state index contributed by atoms with van der Waals surface area (Å²) in [6.07, 6.45) is 2.47. The first-order valence-electron chi connectivity index (χ1n) is 9.59. The monoisotopic (exact) mass is 394 g/mol. The minimum Gasteiger partial charge on any atom is -0.357 e. The van der Waals surface area contributed by atoms with Crippen LogP contribution in [-0.2, 0) is 16.4 Å². The van der Waals surface area contributed by atoms with E-state index >= 15 is 0 Å². The molecule has 1 atom stereocenters. The Morgan fingerprint density at radius 1 is 1.33 bits per heavy atom. The van der Waals surface area contributed by atoms with E-state index in [0.29, 0.717) is 18.9 Å². The average molecular weight is 395 g/mol. The molecule has 2 aliphatic heterocycles. The smallest absolute Gasteiger partial charge is 0.191 e. The fourth-order valence-corrected chi connectivity index (χ4v) is 5.03. The minimum absolute atomic E-state index is 0.0638.